The predicted molar refractivity (Wildman–Crippen MR) is 70.7 cm³/mol. The summed E-state index contributed by atoms with van der Waals surface area (Å²) in [5, 5.41) is 20.5. The number of nitrogens with one attached hydrogen (secondary N) is 1. The zero-order chi connectivity index (χ0) is 16.7. The number of alkyl carbamates (subject to hydrolysis) is 1. The number of carbonyl (C=O) groups is 1. The van der Waals surface area contributed by atoms with E-state index in [1.54, 1.807) is 20.8 Å². The van der Waals surface area contributed by atoms with E-state index in [2.05, 4.69) is 5.32 Å². The Morgan fingerprint density at radius 3 is 2.14 bits per heavy atom. The molecule has 0 saturated carbocycles. The van der Waals surface area contributed by atoms with Gasteiger partial charge in [0.25, 0.3) is 0 Å². The van der Waals surface area contributed by atoms with Crippen molar-refractivity contribution >= 4 is 6.09 Å². The Labute approximate surface area is 122 Å². The van der Waals surface area contributed by atoms with Crippen LogP contribution in [0.2, 0.25) is 0 Å². The zero-order valence-corrected chi connectivity index (χ0v) is 12.5. The van der Waals surface area contributed by atoms with Crippen molar-refractivity contribution in [3.63, 3.8) is 0 Å². The van der Waals surface area contributed by atoms with Crippen LogP contribution in [0.5, 0.6) is 0 Å². The molecule has 5 nitrogen and oxygen atoms in total. The van der Waals surface area contributed by atoms with Crippen LogP contribution in [-0.4, -0.2) is 47.3 Å². The monoisotopic (exact) mass is 315 g/mol. The fourth-order valence-electron chi connectivity index (χ4n) is 1.83. The third kappa shape index (κ3) is 10.4. The summed E-state index contributed by atoms with van der Waals surface area (Å²) < 4.78 is 41.8. The van der Waals surface area contributed by atoms with Gasteiger partial charge in [0.1, 0.15) is 5.60 Å². The quantitative estimate of drug-likeness (QED) is 0.673. The van der Waals surface area contributed by atoms with Gasteiger partial charge in [0.15, 0.2) is 0 Å². The van der Waals surface area contributed by atoms with Crippen LogP contribution in [0.15, 0.2) is 0 Å². The molecule has 3 N–H and O–H groups in total. The van der Waals surface area contributed by atoms with Gasteiger partial charge in [0.05, 0.1) is 12.6 Å². The Balaban J connectivity index is 4.63. The molecule has 0 radical (unpaired) electrons. The van der Waals surface area contributed by atoms with E-state index >= 15 is 0 Å². The van der Waals surface area contributed by atoms with Gasteiger partial charge in [-0.05, 0) is 39.5 Å². The highest BCUT2D eigenvalue weighted by Gasteiger charge is 2.31. The summed E-state index contributed by atoms with van der Waals surface area (Å²) >= 11 is 0. The molecular formula is C13H24F3NO4. The topological polar surface area (TPSA) is 78.8 Å². The molecule has 0 heterocycles. The summed E-state index contributed by atoms with van der Waals surface area (Å²) in [4.78, 5) is 11.6. The third-order valence-corrected chi connectivity index (χ3v) is 2.77. The highest BCUT2D eigenvalue weighted by molar-refractivity contribution is 5.68. The molecule has 0 aromatic rings. The molecule has 0 fully saturated rings. The summed E-state index contributed by atoms with van der Waals surface area (Å²) in [6, 6.07) is -0.894. The minimum absolute atomic E-state index is 0.0527. The lowest BCUT2D eigenvalue weighted by Crippen LogP contribution is -2.45. The summed E-state index contributed by atoms with van der Waals surface area (Å²) in [7, 11) is 0. The number of rotatable bonds is 7. The highest BCUT2D eigenvalue weighted by atomic mass is 19.4. The first-order valence-corrected chi connectivity index (χ1v) is 6.76. The minimum atomic E-state index is -4.32. The molecule has 0 bridgehead atoms. The molecule has 21 heavy (non-hydrogen) atoms. The molecule has 0 aliphatic rings. The first kappa shape index (κ1) is 20.0. The van der Waals surface area contributed by atoms with Gasteiger partial charge in [-0.25, -0.2) is 4.79 Å². The van der Waals surface area contributed by atoms with E-state index in [9.17, 15) is 23.1 Å². The molecule has 0 rings (SSSR count). The lowest BCUT2D eigenvalue weighted by molar-refractivity contribution is -0.138. The second kappa shape index (κ2) is 8.43. The lowest BCUT2D eigenvalue weighted by atomic mass is 9.92. The van der Waals surface area contributed by atoms with Crippen molar-refractivity contribution < 1.29 is 32.9 Å². The number of carbonyl (C=O) groups excluding carboxylic acids is 1. The number of amides is 1. The molecule has 2 atom stereocenters. The molecule has 0 spiro atoms. The largest absolute Gasteiger partial charge is 0.444 e. The van der Waals surface area contributed by atoms with Crippen molar-refractivity contribution in [1.82, 2.24) is 5.32 Å². The van der Waals surface area contributed by atoms with E-state index in [1.807, 2.05) is 0 Å². The number of aliphatic hydroxyl groups is 2. The first-order valence-electron chi connectivity index (χ1n) is 6.76. The number of alkyl halides is 3. The van der Waals surface area contributed by atoms with E-state index in [1.165, 1.54) is 0 Å². The van der Waals surface area contributed by atoms with Crippen molar-refractivity contribution in [2.45, 2.75) is 57.9 Å². The van der Waals surface area contributed by atoms with Crippen molar-refractivity contribution in [2.24, 2.45) is 5.92 Å². The number of halogens is 3. The highest BCUT2D eigenvalue weighted by Crippen LogP contribution is 2.27. The van der Waals surface area contributed by atoms with Gasteiger partial charge in [-0.15, -0.1) is 0 Å². The van der Waals surface area contributed by atoms with Crippen molar-refractivity contribution in [1.29, 1.82) is 0 Å². The van der Waals surface area contributed by atoms with Gasteiger partial charge >= 0.3 is 12.3 Å². The molecule has 0 saturated heterocycles. The predicted octanol–water partition coefficient (Wildman–Crippen LogP) is 2.21. The van der Waals surface area contributed by atoms with Crippen LogP contribution in [0.1, 0.15) is 40.0 Å². The summed E-state index contributed by atoms with van der Waals surface area (Å²) in [6.07, 6.45) is -6.40. The maximum absolute atomic E-state index is 12.3. The molecule has 0 aliphatic carbocycles. The summed E-state index contributed by atoms with van der Waals surface area (Å²) in [5.74, 6) is -0.686. The molecule has 0 aromatic carbocycles. The van der Waals surface area contributed by atoms with Crippen LogP contribution >= 0.6 is 0 Å². The van der Waals surface area contributed by atoms with Crippen molar-refractivity contribution in [3.8, 4) is 0 Å². The number of aliphatic hydroxyl groups excluding tert-OH is 2. The molecule has 0 unspecified atom stereocenters. The Kier molecular flexibility index (Phi) is 8.02. The fraction of sp³-hybridized carbons (Fsp3) is 0.923. The van der Waals surface area contributed by atoms with Crippen molar-refractivity contribution in [2.75, 3.05) is 13.2 Å². The van der Waals surface area contributed by atoms with Crippen LogP contribution < -0.4 is 5.32 Å². The SMILES string of the molecule is CC(C)(C)OC(=O)N[C@@H](CO)[C@@H](CCO)CCC(F)(F)F. The number of ether oxygens (including phenoxy) is 1. The third-order valence-electron chi connectivity index (χ3n) is 2.77. The Hall–Kier alpha value is -1.02. The number of hydrogen-bond donors (Lipinski definition) is 3. The smallest absolute Gasteiger partial charge is 0.407 e. The first-order chi connectivity index (χ1) is 9.48. The van der Waals surface area contributed by atoms with Gasteiger partial charge in [0.2, 0.25) is 0 Å². The maximum atomic E-state index is 12.3. The number of hydrogen-bond acceptors (Lipinski definition) is 4. The minimum Gasteiger partial charge on any atom is -0.444 e. The van der Waals surface area contributed by atoms with E-state index in [0.29, 0.717) is 0 Å². The zero-order valence-electron chi connectivity index (χ0n) is 12.5. The maximum Gasteiger partial charge on any atom is 0.407 e. The van der Waals surface area contributed by atoms with Gasteiger partial charge in [-0.2, -0.15) is 13.2 Å². The van der Waals surface area contributed by atoms with E-state index in [0.717, 1.165) is 0 Å². The van der Waals surface area contributed by atoms with Crippen molar-refractivity contribution in [3.05, 3.63) is 0 Å². The normalized spacial score (nSPS) is 15.4. The summed E-state index contributed by atoms with van der Waals surface area (Å²) in [6.45, 7) is 4.09. The Bertz CT molecular complexity index is 316. The molecule has 8 heteroatoms. The van der Waals surface area contributed by atoms with Crippen LogP contribution in [0, 0.1) is 5.92 Å². The second-order valence-corrected chi connectivity index (χ2v) is 5.86. The summed E-state index contributed by atoms with van der Waals surface area (Å²) in [5.41, 5.74) is -0.747. The average Bonchev–Trinajstić information content (AvgIpc) is 2.28. The van der Waals surface area contributed by atoms with E-state index in [4.69, 9.17) is 9.84 Å². The lowest BCUT2D eigenvalue weighted by Gasteiger charge is -2.28. The van der Waals surface area contributed by atoms with Gasteiger partial charge < -0.3 is 20.3 Å². The van der Waals surface area contributed by atoms with Gasteiger partial charge in [-0.3, -0.25) is 0 Å². The molecular weight excluding hydrogens is 291 g/mol. The van der Waals surface area contributed by atoms with Crippen LogP contribution in [0.4, 0.5) is 18.0 Å². The standard InChI is InChI=1S/C13H24F3NO4/c1-12(2,3)21-11(20)17-10(8-19)9(5-7-18)4-6-13(14,15)16/h9-10,18-19H,4-8H2,1-3H3,(H,17,20)/t9-,10+/m1/s1. The second-order valence-electron chi connectivity index (χ2n) is 5.86. The van der Waals surface area contributed by atoms with Crippen LogP contribution in [-0.2, 0) is 4.74 Å². The molecule has 126 valence electrons. The van der Waals surface area contributed by atoms with Gasteiger partial charge in [-0.1, -0.05) is 0 Å². The van der Waals surface area contributed by atoms with E-state index in [-0.39, 0.29) is 19.4 Å². The van der Waals surface area contributed by atoms with Crippen LogP contribution in [0.25, 0.3) is 0 Å². The van der Waals surface area contributed by atoms with Gasteiger partial charge in [0, 0.05) is 13.0 Å². The van der Waals surface area contributed by atoms with E-state index < -0.39 is 42.9 Å². The fourth-order valence-corrected chi connectivity index (χ4v) is 1.83. The average molecular weight is 315 g/mol. The van der Waals surface area contributed by atoms with Crippen LogP contribution in [0.3, 0.4) is 0 Å². The Morgan fingerprint density at radius 1 is 1.19 bits per heavy atom. The molecule has 0 aliphatic heterocycles. The molecule has 0 aromatic heterocycles. The molecule has 1 amide bonds. The Morgan fingerprint density at radius 2 is 1.76 bits per heavy atom.